The first-order valence-electron chi connectivity index (χ1n) is 14.1. The second-order valence-corrected chi connectivity index (χ2v) is 13.2. The van der Waals surface area contributed by atoms with Crippen LogP contribution in [0.3, 0.4) is 0 Å². The Hall–Kier alpha value is -2.67. The van der Waals surface area contributed by atoms with Gasteiger partial charge in [0.2, 0.25) is 0 Å². The number of piperidine rings is 2. The normalized spacial score (nSPS) is 16.2. The maximum Gasteiger partial charge on any atom is 0.410 e. The Labute approximate surface area is 269 Å². The van der Waals surface area contributed by atoms with Crippen molar-refractivity contribution in [2.24, 2.45) is 5.73 Å². The second-order valence-electron chi connectivity index (χ2n) is 12.1. The van der Waals surface area contributed by atoms with Crippen molar-refractivity contribution in [1.29, 1.82) is 0 Å². The average Bonchev–Trinajstić information content (AvgIpc) is 2.88. The smallest absolute Gasteiger partial charge is 0.410 e. The molecule has 0 spiro atoms. The van der Waals surface area contributed by atoms with Crippen LogP contribution in [0.5, 0.6) is 0 Å². The minimum atomic E-state index is -0.456. The molecule has 2 aromatic rings. The topological polar surface area (TPSA) is 149 Å². The lowest BCUT2D eigenvalue weighted by molar-refractivity contribution is 0.0197. The molecule has 2 aliphatic heterocycles. The van der Waals surface area contributed by atoms with Crippen LogP contribution in [0.2, 0.25) is 15.5 Å². The molecule has 0 saturated carbocycles. The van der Waals surface area contributed by atoms with Crippen LogP contribution in [0.25, 0.3) is 0 Å². The number of rotatable bonds is 2. The minimum Gasteiger partial charge on any atom is -0.444 e. The van der Waals surface area contributed by atoms with E-state index in [0.717, 1.165) is 38.8 Å². The van der Waals surface area contributed by atoms with Crippen molar-refractivity contribution in [2.75, 3.05) is 31.5 Å². The van der Waals surface area contributed by atoms with Crippen molar-refractivity contribution in [3.63, 3.8) is 0 Å². The van der Waals surface area contributed by atoms with Gasteiger partial charge in [0.1, 0.15) is 32.5 Å². The molecule has 2 amide bonds. The van der Waals surface area contributed by atoms with Gasteiger partial charge in [-0.05, 0) is 67.2 Å². The number of anilines is 1. The molecule has 15 heteroatoms. The van der Waals surface area contributed by atoms with E-state index in [1.165, 1.54) is 18.6 Å². The van der Waals surface area contributed by atoms with Crippen LogP contribution in [-0.2, 0) is 9.47 Å². The lowest BCUT2D eigenvalue weighted by atomic mass is 10.1. The van der Waals surface area contributed by atoms with Crippen LogP contribution in [0, 0.1) is 0 Å². The number of halogens is 3. The number of aromatic nitrogens is 4. The molecule has 12 nitrogen and oxygen atoms in total. The zero-order valence-corrected chi connectivity index (χ0v) is 27.9. The fourth-order valence-corrected chi connectivity index (χ4v) is 4.37. The quantitative estimate of drug-likeness (QED) is 0.388. The highest BCUT2D eigenvalue weighted by Crippen LogP contribution is 2.19. The summed E-state index contributed by atoms with van der Waals surface area (Å²) < 4.78 is 10.6. The lowest BCUT2D eigenvalue weighted by Gasteiger charge is -2.33. The summed E-state index contributed by atoms with van der Waals surface area (Å²) in [6.45, 7) is 14.0. The molecule has 4 rings (SSSR count). The molecule has 0 unspecified atom stereocenters. The Kier molecular flexibility index (Phi) is 14.4. The molecule has 2 fully saturated rings. The van der Waals surface area contributed by atoms with Gasteiger partial charge in [-0.25, -0.2) is 19.6 Å². The van der Waals surface area contributed by atoms with E-state index < -0.39 is 11.2 Å². The molecular weight excluding hydrogens is 619 g/mol. The summed E-state index contributed by atoms with van der Waals surface area (Å²) in [5, 5.41) is 4.29. The molecule has 0 atom stereocenters. The van der Waals surface area contributed by atoms with Crippen LogP contribution in [0.1, 0.15) is 67.2 Å². The molecule has 3 N–H and O–H groups in total. The number of nitrogens with zero attached hydrogens (tertiary/aromatic N) is 6. The Morgan fingerprint density at radius 2 is 1.14 bits per heavy atom. The summed E-state index contributed by atoms with van der Waals surface area (Å²) in [4.78, 5) is 42.5. The predicted molar refractivity (Wildman–Crippen MR) is 169 cm³/mol. The number of amides is 2. The van der Waals surface area contributed by atoms with Crippen molar-refractivity contribution in [3.8, 4) is 0 Å². The fourth-order valence-electron chi connectivity index (χ4n) is 3.88. The van der Waals surface area contributed by atoms with E-state index in [-0.39, 0.29) is 24.3 Å². The van der Waals surface area contributed by atoms with E-state index in [2.05, 4.69) is 25.3 Å². The molecule has 0 radical (unpaired) electrons. The summed E-state index contributed by atoms with van der Waals surface area (Å²) in [7, 11) is 0. The van der Waals surface area contributed by atoms with E-state index in [4.69, 9.17) is 50.0 Å². The summed E-state index contributed by atoms with van der Waals surface area (Å²) >= 11 is 16.6. The molecule has 0 bridgehead atoms. The molecular formula is C28H43Cl3N8O4. The van der Waals surface area contributed by atoms with Gasteiger partial charge in [0, 0.05) is 38.3 Å². The van der Waals surface area contributed by atoms with E-state index in [0.29, 0.717) is 34.4 Å². The predicted octanol–water partition coefficient (Wildman–Crippen LogP) is 6.07. The third kappa shape index (κ3) is 15.6. The molecule has 43 heavy (non-hydrogen) atoms. The Balaban J connectivity index is 0.000000251. The van der Waals surface area contributed by atoms with Gasteiger partial charge in [0.05, 0.1) is 24.8 Å². The van der Waals surface area contributed by atoms with Crippen LogP contribution in [0.15, 0.2) is 24.8 Å². The summed E-state index contributed by atoms with van der Waals surface area (Å²) in [5.41, 5.74) is 4.88. The van der Waals surface area contributed by atoms with E-state index in [1.807, 2.05) is 41.5 Å². The molecule has 2 saturated heterocycles. The molecule has 2 aromatic heterocycles. The highest BCUT2D eigenvalue weighted by molar-refractivity contribution is 6.32. The van der Waals surface area contributed by atoms with Gasteiger partial charge in [0.25, 0.3) is 0 Å². The second kappa shape index (κ2) is 17.0. The van der Waals surface area contributed by atoms with E-state index >= 15 is 0 Å². The Morgan fingerprint density at radius 3 is 1.51 bits per heavy atom. The van der Waals surface area contributed by atoms with Crippen LogP contribution in [0.4, 0.5) is 15.4 Å². The molecule has 0 aromatic carbocycles. The van der Waals surface area contributed by atoms with Gasteiger partial charge in [0.15, 0.2) is 0 Å². The maximum atomic E-state index is 12.0. The zero-order chi connectivity index (χ0) is 32.2. The zero-order valence-electron chi connectivity index (χ0n) is 25.6. The van der Waals surface area contributed by atoms with Crippen LogP contribution >= 0.6 is 34.8 Å². The molecule has 4 heterocycles. The van der Waals surface area contributed by atoms with Gasteiger partial charge in [-0.3, -0.25) is 9.97 Å². The van der Waals surface area contributed by atoms with Crippen LogP contribution < -0.4 is 11.1 Å². The van der Waals surface area contributed by atoms with Gasteiger partial charge < -0.3 is 30.3 Å². The number of hydrogen-bond acceptors (Lipinski definition) is 10. The Morgan fingerprint density at radius 1 is 0.744 bits per heavy atom. The highest BCUT2D eigenvalue weighted by Gasteiger charge is 2.27. The number of nitrogens with two attached hydrogens (primary N) is 1. The number of carbonyl (C=O) groups excluding carboxylic acids is 2. The number of likely N-dealkylation sites (tertiary alicyclic amines) is 2. The standard InChI is InChI=1S/C14H21ClN4O2.C10H20N2O2.C4H2Cl2N2/c1-14(2,3)21-13(20)19-6-4-10(5-7-19)17-12-9-16-8-11(15)18-12;1-10(2,3)14-9(13)12-6-4-8(11)5-7-12;5-3-1-7-2-4(6)8-3/h8-10H,4-7H2,1-3H3,(H,17,18);8H,4-7,11H2,1-3H3;1-2H. The average molecular weight is 662 g/mol. The largest absolute Gasteiger partial charge is 0.444 e. The number of ether oxygens (including phenoxy) is 2. The summed E-state index contributed by atoms with van der Waals surface area (Å²) in [6, 6.07) is 0.505. The first-order valence-corrected chi connectivity index (χ1v) is 15.2. The van der Waals surface area contributed by atoms with E-state index in [1.54, 1.807) is 16.0 Å². The monoisotopic (exact) mass is 660 g/mol. The first kappa shape index (κ1) is 36.5. The number of carbonyl (C=O) groups is 2. The van der Waals surface area contributed by atoms with Crippen molar-refractivity contribution in [1.82, 2.24) is 29.7 Å². The van der Waals surface area contributed by atoms with Gasteiger partial charge in [-0.2, -0.15) is 0 Å². The third-order valence-electron chi connectivity index (χ3n) is 5.87. The fraction of sp³-hybridized carbons (Fsp3) is 0.643. The lowest BCUT2D eigenvalue weighted by Crippen LogP contribution is -2.44. The maximum absolute atomic E-state index is 12.0. The SMILES string of the molecule is CC(C)(C)OC(=O)N1CCC(N)CC1.CC(C)(C)OC(=O)N1CCC(Nc2cncc(Cl)n2)CC1.Clc1cncc(Cl)n1. The van der Waals surface area contributed by atoms with Crippen molar-refractivity contribution >= 4 is 52.8 Å². The number of nitrogens with one attached hydrogen (secondary N) is 1. The molecule has 2 aliphatic rings. The Bertz CT molecular complexity index is 1150. The van der Waals surface area contributed by atoms with Crippen LogP contribution in [-0.4, -0.2) is 91.4 Å². The van der Waals surface area contributed by atoms with Crippen molar-refractivity contribution in [2.45, 2.75) is 90.5 Å². The van der Waals surface area contributed by atoms with Gasteiger partial charge in [-0.15, -0.1) is 0 Å². The minimum absolute atomic E-state index is 0.218. The highest BCUT2D eigenvalue weighted by atomic mass is 35.5. The van der Waals surface area contributed by atoms with Gasteiger partial charge in [-0.1, -0.05) is 34.8 Å². The molecule has 0 aliphatic carbocycles. The summed E-state index contributed by atoms with van der Waals surface area (Å²) in [6.07, 6.45) is 8.96. The van der Waals surface area contributed by atoms with Crippen molar-refractivity contribution < 1.29 is 19.1 Å². The molecule has 240 valence electrons. The van der Waals surface area contributed by atoms with Crippen molar-refractivity contribution in [3.05, 3.63) is 40.2 Å². The first-order chi connectivity index (χ1) is 20.0. The summed E-state index contributed by atoms with van der Waals surface area (Å²) in [5.74, 6) is 0.665. The number of hydrogen-bond donors (Lipinski definition) is 2. The van der Waals surface area contributed by atoms with E-state index in [9.17, 15) is 9.59 Å². The third-order valence-corrected chi connectivity index (χ3v) is 6.42. The van der Waals surface area contributed by atoms with Gasteiger partial charge >= 0.3 is 12.2 Å².